The standard InChI is InChI=1S/C50H62N4O9/c1-4-5-8-33-10-14-35(15-11-33)36-16-18-37(19-17-36)44(57)27-26-42(52)45(58)31-39(9-6-7-28-51)49(61)54(3)47(38-20-24-41(56)25-21-38)46(59)29-32(2)48(60)53-43(50(62)63)30-34-12-22-40(55)23-13-34/h10-25,32,39,42-43,47,55-56H,4-9,26-31,51-52H2,1-3H3,(H,53,60)(H,62,63)/t32-,39-,42-,43+,47+/m1/s1. The van der Waals surface area contributed by atoms with E-state index in [2.05, 4.69) is 36.5 Å². The summed E-state index contributed by atoms with van der Waals surface area (Å²) in [5.74, 6) is -5.53. The summed E-state index contributed by atoms with van der Waals surface area (Å²) in [6.45, 7) is 4.01. The van der Waals surface area contributed by atoms with Gasteiger partial charge in [-0.15, -0.1) is 0 Å². The topological polar surface area (TPSA) is 230 Å². The number of ketones is 3. The van der Waals surface area contributed by atoms with Gasteiger partial charge in [0, 0.05) is 50.1 Å². The van der Waals surface area contributed by atoms with Gasteiger partial charge in [0.1, 0.15) is 29.4 Å². The SMILES string of the molecule is CCCCc1ccc(-c2ccc(C(=O)CC[C@@H](N)C(=O)C[C@@H](CCCCN)C(=O)N(C)[C@H](C(=O)C[C@@H](C)C(=O)N[C@@H](Cc3ccc(O)cc3)C(=O)O)c3ccc(O)cc3)cc2)cc1. The number of unbranched alkanes of at least 4 members (excludes halogenated alkanes) is 2. The number of aryl methyl sites for hydroxylation is 1. The number of aromatic hydroxyl groups is 2. The van der Waals surface area contributed by atoms with Crippen molar-refractivity contribution in [2.45, 2.75) is 103 Å². The van der Waals surface area contributed by atoms with Crippen molar-refractivity contribution in [3.05, 3.63) is 119 Å². The summed E-state index contributed by atoms with van der Waals surface area (Å²) in [6.07, 6.45) is 4.11. The van der Waals surface area contributed by atoms with Gasteiger partial charge in [-0.2, -0.15) is 0 Å². The first-order valence-corrected chi connectivity index (χ1v) is 21.7. The highest BCUT2D eigenvalue weighted by Gasteiger charge is 2.35. The van der Waals surface area contributed by atoms with E-state index in [4.69, 9.17) is 11.5 Å². The van der Waals surface area contributed by atoms with E-state index in [9.17, 15) is 44.1 Å². The largest absolute Gasteiger partial charge is 0.508 e. The average molecular weight is 863 g/mol. The normalized spacial score (nSPS) is 13.5. The maximum absolute atomic E-state index is 14.3. The number of carbonyl (C=O) groups excluding carboxylic acids is 5. The Bertz CT molecular complexity index is 2140. The van der Waals surface area contributed by atoms with Gasteiger partial charge < -0.3 is 37.0 Å². The van der Waals surface area contributed by atoms with E-state index in [1.807, 2.05) is 12.1 Å². The van der Waals surface area contributed by atoms with Gasteiger partial charge in [-0.1, -0.05) is 99.5 Å². The minimum absolute atomic E-state index is 0.00612. The van der Waals surface area contributed by atoms with Crippen LogP contribution in [0.2, 0.25) is 0 Å². The molecule has 0 aliphatic carbocycles. The summed E-state index contributed by atoms with van der Waals surface area (Å²) in [7, 11) is 1.44. The number of carboxylic acid groups (broad SMARTS) is 1. The summed E-state index contributed by atoms with van der Waals surface area (Å²) in [5, 5.41) is 31.9. The molecule has 0 aliphatic rings. The van der Waals surface area contributed by atoms with Crippen LogP contribution in [0.25, 0.3) is 11.1 Å². The molecular formula is C50H62N4O9. The number of carbonyl (C=O) groups is 6. The summed E-state index contributed by atoms with van der Waals surface area (Å²) < 4.78 is 0. The van der Waals surface area contributed by atoms with Crippen LogP contribution < -0.4 is 16.8 Å². The van der Waals surface area contributed by atoms with Gasteiger partial charge in [0.25, 0.3) is 0 Å². The predicted molar refractivity (Wildman–Crippen MR) is 242 cm³/mol. The van der Waals surface area contributed by atoms with Crippen molar-refractivity contribution in [3.8, 4) is 22.6 Å². The van der Waals surface area contributed by atoms with E-state index in [0.29, 0.717) is 36.1 Å². The van der Waals surface area contributed by atoms with Crippen LogP contribution in [0.4, 0.5) is 0 Å². The first kappa shape index (κ1) is 49.5. The van der Waals surface area contributed by atoms with Crippen LogP contribution in [-0.2, 0) is 36.8 Å². The smallest absolute Gasteiger partial charge is 0.326 e. The maximum Gasteiger partial charge on any atom is 0.326 e. The number of nitrogens with one attached hydrogen (secondary N) is 1. The van der Waals surface area contributed by atoms with Gasteiger partial charge in [-0.25, -0.2) is 4.79 Å². The van der Waals surface area contributed by atoms with E-state index >= 15 is 0 Å². The van der Waals surface area contributed by atoms with Crippen LogP contribution in [0, 0.1) is 11.8 Å². The number of nitrogens with zero attached hydrogens (tertiary/aromatic N) is 1. The number of Topliss-reactive ketones (excluding diaryl/α,β-unsaturated/α-hetero) is 3. The summed E-state index contributed by atoms with van der Waals surface area (Å²) in [6, 6.07) is 23.8. The van der Waals surface area contributed by atoms with Crippen LogP contribution in [0.3, 0.4) is 0 Å². The molecule has 4 rings (SSSR count). The van der Waals surface area contributed by atoms with Crippen molar-refractivity contribution in [2.75, 3.05) is 13.6 Å². The Morgan fingerprint density at radius 3 is 1.86 bits per heavy atom. The fourth-order valence-electron chi connectivity index (χ4n) is 7.51. The van der Waals surface area contributed by atoms with Crippen molar-refractivity contribution in [3.63, 3.8) is 0 Å². The van der Waals surface area contributed by atoms with Crippen LogP contribution in [0.5, 0.6) is 11.5 Å². The Morgan fingerprint density at radius 1 is 0.714 bits per heavy atom. The van der Waals surface area contributed by atoms with Crippen LogP contribution in [0.1, 0.15) is 105 Å². The number of benzene rings is 4. The number of amides is 2. The number of aliphatic carboxylic acids is 1. The molecule has 0 saturated carbocycles. The van der Waals surface area contributed by atoms with E-state index in [1.165, 1.54) is 60.8 Å². The second kappa shape index (κ2) is 24.5. The van der Waals surface area contributed by atoms with Gasteiger partial charge in [0.05, 0.1) is 6.04 Å². The molecule has 4 aromatic carbocycles. The molecule has 0 aliphatic heterocycles. The molecule has 2 amide bonds. The van der Waals surface area contributed by atoms with Crippen molar-refractivity contribution in [1.29, 1.82) is 0 Å². The Balaban J connectivity index is 1.42. The second-order valence-electron chi connectivity index (χ2n) is 16.4. The summed E-state index contributed by atoms with van der Waals surface area (Å²) in [5.41, 5.74) is 16.8. The van der Waals surface area contributed by atoms with Crippen LogP contribution >= 0.6 is 0 Å². The average Bonchev–Trinajstić information content (AvgIpc) is 3.28. The minimum atomic E-state index is -1.32. The molecule has 13 heteroatoms. The highest BCUT2D eigenvalue weighted by Crippen LogP contribution is 2.30. The third kappa shape index (κ3) is 15.0. The molecule has 4 aromatic rings. The molecule has 63 heavy (non-hydrogen) atoms. The molecule has 0 heterocycles. The first-order chi connectivity index (χ1) is 30.1. The molecule has 0 fully saturated rings. The lowest BCUT2D eigenvalue weighted by molar-refractivity contribution is -0.144. The first-order valence-electron chi connectivity index (χ1n) is 21.7. The van der Waals surface area contributed by atoms with Crippen molar-refractivity contribution in [2.24, 2.45) is 23.3 Å². The zero-order chi connectivity index (χ0) is 46.1. The van der Waals surface area contributed by atoms with Gasteiger partial charge >= 0.3 is 5.97 Å². The Kier molecular flexibility index (Phi) is 19.2. The molecule has 0 spiro atoms. The Morgan fingerprint density at radius 2 is 1.29 bits per heavy atom. The van der Waals surface area contributed by atoms with E-state index in [0.717, 1.165) is 30.4 Å². The quantitative estimate of drug-likeness (QED) is 0.0287. The number of phenolic OH excluding ortho intramolecular Hbond substituents is 2. The van der Waals surface area contributed by atoms with E-state index in [1.54, 1.807) is 24.3 Å². The lowest BCUT2D eigenvalue weighted by atomic mass is 9.88. The summed E-state index contributed by atoms with van der Waals surface area (Å²) in [4.78, 5) is 81.9. The molecule has 0 saturated heterocycles. The number of hydrogen-bond acceptors (Lipinski definition) is 10. The molecule has 0 bridgehead atoms. The molecule has 0 unspecified atom stereocenters. The monoisotopic (exact) mass is 862 g/mol. The fraction of sp³-hybridized carbons (Fsp3) is 0.400. The number of likely N-dealkylation sites (N-methyl/N-ethyl adjacent to an activating group) is 1. The lowest BCUT2D eigenvalue weighted by Crippen LogP contribution is -2.45. The highest BCUT2D eigenvalue weighted by molar-refractivity contribution is 5.98. The minimum Gasteiger partial charge on any atom is -0.508 e. The number of carboxylic acids is 1. The predicted octanol–water partition coefficient (Wildman–Crippen LogP) is 6.71. The van der Waals surface area contributed by atoms with Gasteiger partial charge in [-0.05, 0) is 90.7 Å². The molecule has 336 valence electrons. The number of rotatable bonds is 26. The number of hydrogen-bond donors (Lipinski definition) is 6. The van der Waals surface area contributed by atoms with Crippen molar-refractivity contribution < 1.29 is 44.1 Å². The molecule has 13 nitrogen and oxygen atoms in total. The third-order valence-corrected chi connectivity index (χ3v) is 11.4. The molecule has 0 radical (unpaired) electrons. The zero-order valence-corrected chi connectivity index (χ0v) is 36.5. The van der Waals surface area contributed by atoms with E-state index in [-0.39, 0.29) is 55.8 Å². The van der Waals surface area contributed by atoms with Crippen LogP contribution in [-0.4, -0.2) is 81.0 Å². The zero-order valence-electron chi connectivity index (χ0n) is 36.5. The summed E-state index contributed by atoms with van der Waals surface area (Å²) >= 11 is 0. The maximum atomic E-state index is 14.3. The molecule has 8 N–H and O–H groups in total. The Labute approximate surface area is 369 Å². The van der Waals surface area contributed by atoms with Gasteiger partial charge in [-0.3, -0.25) is 24.0 Å². The Hall–Kier alpha value is -6.18. The van der Waals surface area contributed by atoms with Gasteiger partial charge in [0.15, 0.2) is 11.6 Å². The second-order valence-corrected chi connectivity index (χ2v) is 16.4. The third-order valence-electron chi connectivity index (χ3n) is 11.4. The van der Waals surface area contributed by atoms with Crippen molar-refractivity contribution in [1.82, 2.24) is 10.2 Å². The molecule has 5 atom stereocenters. The fourth-order valence-corrected chi connectivity index (χ4v) is 7.51. The number of phenols is 2. The van der Waals surface area contributed by atoms with Crippen molar-refractivity contribution >= 4 is 35.1 Å². The van der Waals surface area contributed by atoms with E-state index < -0.39 is 59.3 Å². The number of nitrogens with two attached hydrogens (primary N) is 2. The van der Waals surface area contributed by atoms with Gasteiger partial charge in [0.2, 0.25) is 11.8 Å². The van der Waals surface area contributed by atoms with Crippen LogP contribution in [0.15, 0.2) is 97.1 Å². The lowest BCUT2D eigenvalue weighted by Gasteiger charge is -2.32. The molecule has 0 aromatic heterocycles. The highest BCUT2D eigenvalue weighted by atomic mass is 16.4. The molecular weight excluding hydrogens is 801 g/mol.